The highest BCUT2D eigenvalue weighted by Crippen LogP contribution is 2.25. The minimum absolute atomic E-state index is 0.290. The van der Waals surface area contributed by atoms with Gasteiger partial charge < -0.3 is 10.1 Å². The van der Waals surface area contributed by atoms with Gasteiger partial charge in [0.1, 0.15) is 0 Å². The van der Waals surface area contributed by atoms with E-state index >= 15 is 0 Å². The molecule has 3 nitrogen and oxygen atoms in total. The number of hydrogen-bond donors (Lipinski definition) is 1. The second-order valence-electron chi connectivity index (χ2n) is 6.64. The van der Waals surface area contributed by atoms with Gasteiger partial charge in [0.15, 0.2) is 0 Å². The zero-order chi connectivity index (χ0) is 15.0. The third kappa shape index (κ3) is 5.01. The average molecular weight is 284 g/mol. The van der Waals surface area contributed by atoms with E-state index in [4.69, 9.17) is 4.74 Å². The lowest BCUT2D eigenvalue weighted by Gasteiger charge is -2.49. The Morgan fingerprint density at radius 1 is 1.30 bits per heavy atom. The van der Waals surface area contributed by atoms with E-state index in [1.54, 1.807) is 0 Å². The molecule has 1 saturated heterocycles. The first kappa shape index (κ1) is 17.9. The summed E-state index contributed by atoms with van der Waals surface area (Å²) in [7, 11) is 0. The number of ether oxygens (including phenoxy) is 1. The molecule has 0 spiro atoms. The lowest BCUT2D eigenvalue weighted by atomic mass is 9.88. The van der Waals surface area contributed by atoms with Crippen LogP contribution in [0, 0.1) is 5.92 Å². The van der Waals surface area contributed by atoms with E-state index in [-0.39, 0.29) is 5.54 Å². The molecule has 1 aliphatic heterocycles. The Hall–Kier alpha value is -0.120. The average Bonchev–Trinajstić information content (AvgIpc) is 2.48. The van der Waals surface area contributed by atoms with Crippen LogP contribution < -0.4 is 5.32 Å². The summed E-state index contributed by atoms with van der Waals surface area (Å²) in [5.41, 5.74) is 0.290. The van der Waals surface area contributed by atoms with Crippen LogP contribution in [0.5, 0.6) is 0 Å². The smallest absolute Gasteiger partial charge is 0.0593 e. The summed E-state index contributed by atoms with van der Waals surface area (Å²) in [5.74, 6) is 0.750. The summed E-state index contributed by atoms with van der Waals surface area (Å²) < 4.78 is 5.77. The van der Waals surface area contributed by atoms with Gasteiger partial charge in [-0.1, -0.05) is 40.5 Å². The van der Waals surface area contributed by atoms with E-state index in [0.717, 1.165) is 38.8 Å². The van der Waals surface area contributed by atoms with Gasteiger partial charge in [0, 0.05) is 37.8 Å². The van der Waals surface area contributed by atoms with E-state index < -0.39 is 0 Å². The molecule has 120 valence electrons. The van der Waals surface area contributed by atoms with Crippen molar-refractivity contribution >= 4 is 0 Å². The monoisotopic (exact) mass is 284 g/mol. The SMILES string of the molecule is CCCCOCCN1CC(C(C)CC)NCC1(C)CC. The molecular weight excluding hydrogens is 248 g/mol. The zero-order valence-electron chi connectivity index (χ0n) is 14.4. The van der Waals surface area contributed by atoms with Crippen LogP contribution in [0.4, 0.5) is 0 Å². The van der Waals surface area contributed by atoms with Gasteiger partial charge in [-0.05, 0) is 25.7 Å². The van der Waals surface area contributed by atoms with Crippen molar-refractivity contribution in [3.63, 3.8) is 0 Å². The lowest BCUT2D eigenvalue weighted by molar-refractivity contribution is 0.00837. The third-order valence-corrected chi connectivity index (χ3v) is 5.17. The van der Waals surface area contributed by atoms with Crippen molar-refractivity contribution < 1.29 is 4.74 Å². The van der Waals surface area contributed by atoms with Crippen molar-refractivity contribution in [2.45, 2.75) is 71.9 Å². The maximum atomic E-state index is 5.77. The van der Waals surface area contributed by atoms with Crippen molar-refractivity contribution in [3.8, 4) is 0 Å². The van der Waals surface area contributed by atoms with Crippen molar-refractivity contribution in [2.24, 2.45) is 5.92 Å². The molecule has 1 fully saturated rings. The largest absolute Gasteiger partial charge is 0.380 e. The first-order valence-corrected chi connectivity index (χ1v) is 8.63. The van der Waals surface area contributed by atoms with Crippen LogP contribution in [0.3, 0.4) is 0 Å². The number of unbranched alkanes of at least 4 members (excludes halogenated alkanes) is 1. The number of nitrogens with zero attached hydrogens (tertiary/aromatic N) is 1. The molecule has 1 aliphatic rings. The molecule has 0 saturated carbocycles. The zero-order valence-corrected chi connectivity index (χ0v) is 14.4. The minimum Gasteiger partial charge on any atom is -0.380 e. The molecule has 0 aliphatic carbocycles. The third-order valence-electron chi connectivity index (χ3n) is 5.17. The highest BCUT2D eigenvalue weighted by atomic mass is 16.5. The molecule has 1 heterocycles. The number of hydrogen-bond acceptors (Lipinski definition) is 3. The normalized spacial score (nSPS) is 29.6. The van der Waals surface area contributed by atoms with Gasteiger partial charge in [0.05, 0.1) is 6.61 Å². The molecule has 3 atom stereocenters. The molecule has 20 heavy (non-hydrogen) atoms. The number of nitrogens with one attached hydrogen (secondary N) is 1. The summed E-state index contributed by atoms with van der Waals surface area (Å²) >= 11 is 0. The summed E-state index contributed by atoms with van der Waals surface area (Å²) in [6.45, 7) is 16.7. The molecule has 0 aromatic heterocycles. The lowest BCUT2D eigenvalue weighted by Crippen LogP contribution is -2.64. The Labute approximate surface area is 126 Å². The van der Waals surface area contributed by atoms with Crippen LogP contribution in [-0.2, 0) is 4.74 Å². The molecule has 0 aromatic carbocycles. The van der Waals surface area contributed by atoms with Crippen LogP contribution in [0.25, 0.3) is 0 Å². The van der Waals surface area contributed by atoms with Crippen molar-refractivity contribution in [1.29, 1.82) is 0 Å². The van der Waals surface area contributed by atoms with E-state index in [9.17, 15) is 0 Å². The van der Waals surface area contributed by atoms with Crippen molar-refractivity contribution in [1.82, 2.24) is 10.2 Å². The van der Waals surface area contributed by atoms with E-state index in [1.807, 2.05) is 0 Å². The number of rotatable bonds is 9. The fourth-order valence-electron chi connectivity index (χ4n) is 2.88. The predicted octanol–water partition coefficient (Wildman–Crippen LogP) is 3.29. The van der Waals surface area contributed by atoms with Crippen molar-refractivity contribution in [3.05, 3.63) is 0 Å². The molecule has 0 aromatic rings. The first-order valence-electron chi connectivity index (χ1n) is 8.63. The second-order valence-corrected chi connectivity index (χ2v) is 6.64. The summed E-state index contributed by atoms with van der Waals surface area (Å²) in [6, 6.07) is 0.635. The van der Waals surface area contributed by atoms with Crippen LogP contribution in [0.2, 0.25) is 0 Å². The maximum absolute atomic E-state index is 5.77. The van der Waals surface area contributed by atoms with Gasteiger partial charge in [-0.3, -0.25) is 4.90 Å². The molecule has 0 bridgehead atoms. The van der Waals surface area contributed by atoms with Gasteiger partial charge in [-0.25, -0.2) is 0 Å². The van der Waals surface area contributed by atoms with E-state index in [2.05, 4.69) is 44.8 Å². The fraction of sp³-hybridized carbons (Fsp3) is 1.00. The second kappa shape index (κ2) is 9.01. The summed E-state index contributed by atoms with van der Waals surface area (Å²) in [6.07, 6.45) is 4.85. The fourth-order valence-corrected chi connectivity index (χ4v) is 2.88. The minimum atomic E-state index is 0.290. The Morgan fingerprint density at radius 3 is 2.65 bits per heavy atom. The van der Waals surface area contributed by atoms with Gasteiger partial charge in [-0.2, -0.15) is 0 Å². The molecule has 3 unspecified atom stereocenters. The molecule has 3 heteroatoms. The van der Waals surface area contributed by atoms with Crippen LogP contribution >= 0.6 is 0 Å². The standard InChI is InChI=1S/C17H36N2O/c1-6-9-11-20-12-10-19-13-16(15(4)7-2)18-14-17(19,5)8-3/h15-16,18H,6-14H2,1-5H3. The van der Waals surface area contributed by atoms with Crippen molar-refractivity contribution in [2.75, 3.05) is 32.8 Å². The van der Waals surface area contributed by atoms with Crippen LogP contribution in [0.1, 0.15) is 60.3 Å². The van der Waals surface area contributed by atoms with Gasteiger partial charge in [-0.15, -0.1) is 0 Å². The Bertz CT molecular complexity index is 259. The van der Waals surface area contributed by atoms with E-state index in [1.165, 1.54) is 25.7 Å². The molecule has 0 amide bonds. The van der Waals surface area contributed by atoms with Crippen LogP contribution in [-0.4, -0.2) is 49.3 Å². The highest BCUT2D eigenvalue weighted by Gasteiger charge is 2.37. The van der Waals surface area contributed by atoms with Crippen LogP contribution in [0.15, 0.2) is 0 Å². The summed E-state index contributed by atoms with van der Waals surface area (Å²) in [4.78, 5) is 2.66. The molecule has 1 rings (SSSR count). The maximum Gasteiger partial charge on any atom is 0.0593 e. The molecular formula is C17H36N2O. The quantitative estimate of drug-likeness (QED) is 0.658. The Kier molecular flexibility index (Phi) is 8.08. The van der Waals surface area contributed by atoms with Gasteiger partial charge in [0.2, 0.25) is 0 Å². The van der Waals surface area contributed by atoms with Gasteiger partial charge in [0.25, 0.3) is 0 Å². The molecule has 1 N–H and O–H groups in total. The number of piperazine rings is 1. The molecule has 0 radical (unpaired) electrons. The Balaban J connectivity index is 2.47. The highest BCUT2D eigenvalue weighted by molar-refractivity contribution is 4.96. The van der Waals surface area contributed by atoms with Gasteiger partial charge >= 0.3 is 0 Å². The Morgan fingerprint density at radius 2 is 2.05 bits per heavy atom. The predicted molar refractivity (Wildman–Crippen MR) is 87.2 cm³/mol. The van der Waals surface area contributed by atoms with E-state index in [0.29, 0.717) is 6.04 Å². The first-order chi connectivity index (χ1) is 9.57. The summed E-state index contributed by atoms with van der Waals surface area (Å²) in [5, 5.41) is 3.77. The topological polar surface area (TPSA) is 24.5 Å².